The molecule has 0 radical (unpaired) electrons. The number of carbonyl (C=O) groups is 3. The van der Waals surface area contributed by atoms with Gasteiger partial charge >= 0.3 is 16.1 Å². The van der Waals surface area contributed by atoms with Crippen molar-refractivity contribution >= 4 is 73.9 Å². The van der Waals surface area contributed by atoms with E-state index in [0.717, 1.165) is 16.0 Å². The van der Waals surface area contributed by atoms with Crippen LogP contribution in [0.4, 0.5) is 10.5 Å². The zero-order valence-corrected chi connectivity index (χ0v) is 24.0. The third-order valence-electron chi connectivity index (χ3n) is 5.71. The number of nitrogens with one attached hydrogen (secondary N) is 1. The third-order valence-corrected chi connectivity index (χ3v) is 8.00. The Kier molecular flexibility index (Phi) is 7.81. The summed E-state index contributed by atoms with van der Waals surface area (Å²) in [5, 5.41) is 2.55. The highest BCUT2D eigenvalue weighted by atomic mass is 127. The number of anilines is 1. The molecule has 9 nitrogen and oxygen atoms in total. The van der Waals surface area contributed by atoms with Crippen molar-refractivity contribution in [3.63, 3.8) is 0 Å². The fraction of sp³-hybridized carbons (Fsp3) is 0.115. The van der Waals surface area contributed by atoms with Crippen LogP contribution < -0.4 is 19.1 Å². The summed E-state index contributed by atoms with van der Waals surface area (Å²) in [7, 11) is -2.89. The van der Waals surface area contributed by atoms with Crippen molar-refractivity contribution in [1.29, 1.82) is 0 Å². The standard InChI is InChI=1S/C26H20ClIN2O7S/c1-14-4-7-18(10-15(14)2)30-25(32)20(24(31)29-26(30)33)11-16-12-21(28)23(22(13-16)36-3)37-38(34,35)19-8-5-17(27)6-9-19/h4-13H,1-3H3,(H,29,31,33)/b20-11+. The summed E-state index contributed by atoms with van der Waals surface area (Å²) in [6.45, 7) is 3.74. The van der Waals surface area contributed by atoms with E-state index in [1.54, 1.807) is 18.2 Å². The first-order valence-corrected chi connectivity index (χ1v) is 13.8. The molecule has 196 valence electrons. The Labute approximate surface area is 237 Å². The van der Waals surface area contributed by atoms with Crippen LogP contribution in [0, 0.1) is 17.4 Å². The molecule has 1 heterocycles. The predicted molar refractivity (Wildman–Crippen MR) is 150 cm³/mol. The highest BCUT2D eigenvalue weighted by Crippen LogP contribution is 2.37. The maximum Gasteiger partial charge on any atom is 0.339 e. The molecule has 0 aliphatic carbocycles. The number of urea groups is 1. The fourth-order valence-corrected chi connectivity index (χ4v) is 5.55. The number of carbonyl (C=O) groups excluding carboxylic acids is 3. The van der Waals surface area contributed by atoms with Gasteiger partial charge < -0.3 is 8.92 Å². The largest absolute Gasteiger partial charge is 0.493 e. The molecule has 12 heteroatoms. The Morgan fingerprint density at radius 1 is 0.974 bits per heavy atom. The Morgan fingerprint density at radius 3 is 2.29 bits per heavy atom. The Hall–Kier alpha value is -3.42. The normalized spacial score (nSPS) is 15.0. The zero-order valence-electron chi connectivity index (χ0n) is 20.2. The average Bonchev–Trinajstić information content (AvgIpc) is 2.85. The van der Waals surface area contributed by atoms with Crippen LogP contribution in [0.25, 0.3) is 6.08 Å². The lowest BCUT2D eigenvalue weighted by molar-refractivity contribution is -0.122. The number of hydrogen-bond acceptors (Lipinski definition) is 7. The quantitative estimate of drug-likeness (QED) is 0.170. The van der Waals surface area contributed by atoms with Crippen molar-refractivity contribution in [1.82, 2.24) is 5.32 Å². The highest BCUT2D eigenvalue weighted by Gasteiger charge is 2.37. The summed E-state index contributed by atoms with van der Waals surface area (Å²) >= 11 is 7.70. The summed E-state index contributed by atoms with van der Waals surface area (Å²) in [6, 6.07) is 12.6. The van der Waals surface area contributed by atoms with Gasteiger partial charge in [-0.25, -0.2) is 9.69 Å². The first-order valence-electron chi connectivity index (χ1n) is 11.0. The molecule has 0 saturated carbocycles. The van der Waals surface area contributed by atoms with Gasteiger partial charge in [-0.2, -0.15) is 8.42 Å². The molecule has 1 saturated heterocycles. The third kappa shape index (κ3) is 5.54. The SMILES string of the molecule is COc1cc(/C=C2\C(=O)NC(=O)N(c3ccc(C)c(C)c3)C2=O)cc(I)c1OS(=O)(=O)c1ccc(Cl)cc1. The van der Waals surface area contributed by atoms with Crippen LogP contribution in [-0.2, 0) is 19.7 Å². The molecule has 1 aliphatic heterocycles. The van der Waals surface area contributed by atoms with Crippen molar-refractivity contribution in [3.8, 4) is 11.5 Å². The van der Waals surface area contributed by atoms with E-state index in [2.05, 4.69) is 5.32 Å². The molecular weight excluding hydrogens is 647 g/mol. The highest BCUT2D eigenvalue weighted by molar-refractivity contribution is 14.1. The van der Waals surface area contributed by atoms with E-state index in [-0.39, 0.29) is 22.0 Å². The monoisotopic (exact) mass is 666 g/mol. The van der Waals surface area contributed by atoms with E-state index in [4.69, 9.17) is 20.5 Å². The van der Waals surface area contributed by atoms with Crippen LogP contribution in [0.1, 0.15) is 16.7 Å². The second-order valence-corrected chi connectivity index (χ2v) is 11.4. The van der Waals surface area contributed by atoms with Crippen LogP contribution >= 0.6 is 34.2 Å². The number of barbiturate groups is 1. The van der Waals surface area contributed by atoms with Crippen molar-refractivity contribution < 1.29 is 31.7 Å². The summed E-state index contributed by atoms with van der Waals surface area (Å²) < 4.78 is 36.6. The number of amides is 4. The molecule has 3 aromatic rings. The predicted octanol–water partition coefficient (Wildman–Crippen LogP) is 5.00. The minimum absolute atomic E-state index is 0.0482. The van der Waals surface area contributed by atoms with Crippen LogP contribution in [0.15, 0.2) is 65.1 Å². The molecule has 0 spiro atoms. The van der Waals surface area contributed by atoms with Gasteiger partial charge in [-0.3, -0.25) is 14.9 Å². The maximum atomic E-state index is 13.3. The minimum Gasteiger partial charge on any atom is -0.493 e. The molecule has 3 aromatic carbocycles. The van der Waals surface area contributed by atoms with Gasteiger partial charge in [0.1, 0.15) is 10.5 Å². The fourth-order valence-electron chi connectivity index (χ4n) is 3.59. The first kappa shape index (κ1) is 27.6. The smallest absolute Gasteiger partial charge is 0.339 e. The summed E-state index contributed by atoms with van der Waals surface area (Å²) in [5.41, 5.74) is 2.22. The number of halogens is 2. The van der Waals surface area contributed by atoms with Crippen LogP contribution in [-0.4, -0.2) is 33.4 Å². The molecule has 0 bridgehead atoms. The van der Waals surface area contributed by atoms with Gasteiger partial charge in [0.25, 0.3) is 11.8 Å². The van der Waals surface area contributed by atoms with Gasteiger partial charge in [0.15, 0.2) is 11.5 Å². The summed E-state index contributed by atoms with van der Waals surface area (Å²) in [4.78, 5) is 39.2. The Morgan fingerprint density at radius 2 is 1.66 bits per heavy atom. The Balaban J connectivity index is 1.70. The van der Waals surface area contributed by atoms with Crippen LogP contribution in [0.5, 0.6) is 11.5 Å². The summed E-state index contributed by atoms with van der Waals surface area (Å²) in [5.74, 6) is -1.69. The molecule has 1 fully saturated rings. The number of hydrogen-bond donors (Lipinski definition) is 1. The molecule has 0 unspecified atom stereocenters. The van der Waals surface area contributed by atoms with Crippen molar-refractivity contribution in [3.05, 3.63) is 85.5 Å². The molecule has 0 atom stereocenters. The van der Waals surface area contributed by atoms with Gasteiger partial charge in [0.05, 0.1) is 16.4 Å². The Bertz CT molecular complexity index is 1620. The number of imide groups is 2. The van der Waals surface area contributed by atoms with E-state index in [9.17, 15) is 22.8 Å². The van der Waals surface area contributed by atoms with Gasteiger partial charge in [-0.15, -0.1) is 0 Å². The molecule has 4 amide bonds. The minimum atomic E-state index is -4.21. The van der Waals surface area contributed by atoms with Crippen LogP contribution in [0.2, 0.25) is 5.02 Å². The average molecular weight is 667 g/mol. The van der Waals surface area contributed by atoms with Gasteiger partial charge in [0, 0.05) is 5.02 Å². The topological polar surface area (TPSA) is 119 Å². The molecule has 1 aliphatic rings. The number of rotatable bonds is 6. The van der Waals surface area contributed by atoms with E-state index in [1.165, 1.54) is 49.6 Å². The van der Waals surface area contributed by atoms with Crippen LogP contribution in [0.3, 0.4) is 0 Å². The van der Waals surface area contributed by atoms with Gasteiger partial charge in [-0.05, 0) is 108 Å². The summed E-state index contributed by atoms with van der Waals surface area (Å²) in [6.07, 6.45) is 1.29. The van der Waals surface area contributed by atoms with E-state index in [0.29, 0.717) is 19.8 Å². The van der Waals surface area contributed by atoms with Gasteiger partial charge in [0.2, 0.25) is 0 Å². The second kappa shape index (κ2) is 10.8. The molecule has 0 aromatic heterocycles. The molecular formula is C26H20ClIN2O7S. The number of aryl methyl sites for hydroxylation is 2. The first-order chi connectivity index (χ1) is 17.9. The molecule has 38 heavy (non-hydrogen) atoms. The molecule has 1 N–H and O–H groups in total. The van der Waals surface area contributed by atoms with E-state index >= 15 is 0 Å². The lowest BCUT2D eigenvalue weighted by Crippen LogP contribution is -2.54. The van der Waals surface area contributed by atoms with E-state index in [1.807, 2.05) is 36.4 Å². The lowest BCUT2D eigenvalue weighted by atomic mass is 10.0. The second-order valence-electron chi connectivity index (χ2n) is 8.25. The lowest BCUT2D eigenvalue weighted by Gasteiger charge is -2.27. The molecule has 4 rings (SSSR count). The maximum absolute atomic E-state index is 13.3. The van der Waals surface area contributed by atoms with Gasteiger partial charge in [-0.1, -0.05) is 17.7 Å². The van der Waals surface area contributed by atoms with Crippen molar-refractivity contribution in [2.24, 2.45) is 0 Å². The number of nitrogens with zero attached hydrogens (tertiary/aromatic N) is 1. The van der Waals surface area contributed by atoms with E-state index < -0.39 is 28.0 Å². The number of benzene rings is 3. The van der Waals surface area contributed by atoms with Crippen molar-refractivity contribution in [2.45, 2.75) is 18.7 Å². The van der Waals surface area contributed by atoms with Crippen molar-refractivity contribution in [2.75, 3.05) is 12.0 Å². The number of methoxy groups -OCH3 is 1. The number of ether oxygens (including phenoxy) is 1. The zero-order chi connectivity index (χ0) is 27.8.